The van der Waals surface area contributed by atoms with Crippen LogP contribution in [0.3, 0.4) is 0 Å². The predicted molar refractivity (Wildman–Crippen MR) is 88.6 cm³/mol. The quantitative estimate of drug-likeness (QED) is 0.759. The number of ether oxygens (including phenoxy) is 1. The fourth-order valence-corrected chi connectivity index (χ4v) is 3.18. The van der Waals surface area contributed by atoms with Crippen molar-refractivity contribution < 1.29 is 17.9 Å². The van der Waals surface area contributed by atoms with Gasteiger partial charge in [0.25, 0.3) is 0 Å². The Balaban J connectivity index is 1.62. The SMILES string of the molecule is Fc1ccc([C@H]2C[C@@H](c3ccc(OC(F)F)cc3)Nc3ncnn32)cc1. The Morgan fingerprint density at radius 2 is 1.73 bits per heavy atom. The number of fused-ring (bicyclic) bond motifs is 1. The number of hydrogen-bond acceptors (Lipinski definition) is 4. The van der Waals surface area contributed by atoms with E-state index in [0.717, 1.165) is 11.1 Å². The minimum atomic E-state index is -2.85. The first-order chi connectivity index (χ1) is 12.6. The number of anilines is 1. The highest BCUT2D eigenvalue weighted by Gasteiger charge is 2.29. The molecule has 1 N–H and O–H groups in total. The van der Waals surface area contributed by atoms with E-state index in [1.165, 1.54) is 30.6 Å². The summed E-state index contributed by atoms with van der Waals surface area (Å²) in [7, 11) is 0. The van der Waals surface area contributed by atoms with Crippen molar-refractivity contribution >= 4 is 5.95 Å². The van der Waals surface area contributed by atoms with Gasteiger partial charge in [0.05, 0.1) is 12.1 Å². The average molecular weight is 360 g/mol. The van der Waals surface area contributed by atoms with Crippen molar-refractivity contribution in [2.75, 3.05) is 5.32 Å². The number of nitrogens with zero attached hydrogens (tertiary/aromatic N) is 3. The summed E-state index contributed by atoms with van der Waals surface area (Å²) in [6.45, 7) is -2.85. The molecule has 0 unspecified atom stereocenters. The number of aromatic nitrogens is 3. The second kappa shape index (κ2) is 6.70. The first kappa shape index (κ1) is 16.4. The van der Waals surface area contributed by atoms with E-state index < -0.39 is 6.61 Å². The van der Waals surface area contributed by atoms with Crippen LogP contribution in [0.25, 0.3) is 0 Å². The zero-order valence-electron chi connectivity index (χ0n) is 13.5. The molecule has 2 atom stereocenters. The van der Waals surface area contributed by atoms with E-state index in [1.807, 2.05) is 0 Å². The molecule has 1 aliphatic heterocycles. The summed E-state index contributed by atoms with van der Waals surface area (Å²) in [6, 6.07) is 12.6. The summed E-state index contributed by atoms with van der Waals surface area (Å²) in [5.41, 5.74) is 1.83. The monoisotopic (exact) mass is 360 g/mol. The smallest absolute Gasteiger partial charge is 0.387 e. The van der Waals surface area contributed by atoms with Gasteiger partial charge in [-0.1, -0.05) is 24.3 Å². The lowest BCUT2D eigenvalue weighted by molar-refractivity contribution is -0.0498. The van der Waals surface area contributed by atoms with Crippen LogP contribution in [-0.4, -0.2) is 21.4 Å². The van der Waals surface area contributed by atoms with Crippen LogP contribution >= 0.6 is 0 Å². The summed E-state index contributed by atoms with van der Waals surface area (Å²) >= 11 is 0. The predicted octanol–water partition coefficient (Wildman–Crippen LogP) is 4.16. The molecule has 1 aromatic heterocycles. The largest absolute Gasteiger partial charge is 0.435 e. The molecule has 0 saturated carbocycles. The molecule has 26 heavy (non-hydrogen) atoms. The zero-order chi connectivity index (χ0) is 18.1. The Labute approximate surface area is 147 Å². The molecule has 0 aliphatic carbocycles. The van der Waals surface area contributed by atoms with Gasteiger partial charge in [0.1, 0.15) is 17.9 Å². The number of hydrogen-bond donors (Lipinski definition) is 1. The van der Waals surface area contributed by atoms with E-state index in [1.54, 1.807) is 28.9 Å². The van der Waals surface area contributed by atoms with Crippen molar-refractivity contribution in [1.29, 1.82) is 0 Å². The van der Waals surface area contributed by atoms with Gasteiger partial charge in [0.2, 0.25) is 5.95 Å². The van der Waals surface area contributed by atoms with Crippen LogP contribution < -0.4 is 10.1 Å². The Morgan fingerprint density at radius 3 is 2.42 bits per heavy atom. The molecule has 0 bridgehead atoms. The minimum absolute atomic E-state index is 0.0950. The molecular formula is C18H15F3N4O. The van der Waals surface area contributed by atoms with E-state index in [2.05, 4.69) is 20.1 Å². The topological polar surface area (TPSA) is 52.0 Å². The highest BCUT2D eigenvalue weighted by molar-refractivity contribution is 5.39. The minimum Gasteiger partial charge on any atom is -0.435 e. The first-order valence-corrected chi connectivity index (χ1v) is 8.06. The Hall–Kier alpha value is -3.03. The van der Waals surface area contributed by atoms with Gasteiger partial charge in [0.15, 0.2) is 0 Å². The van der Waals surface area contributed by atoms with Crippen molar-refractivity contribution in [3.63, 3.8) is 0 Å². The maximum Gasteiger partial charge on any atom is 0.387 e. The zero-order valence-corrected chi connectivity index (χ0v) is 13.5. The molecule has 3 aromatic rings. The normalized spacial score (nSPS) is 19.1. The molecule has 0 saturated heterocycles. The molecule has 0 radical (unpaired) electrons. The third kappa shape index (κ3) is 3.22. The van der Waals surface area contributed by atoms with Gasteiger partial charge in [-0.05, 0) is 41.8 Å². The summed E-state index contributed by atoms with van der Waals surface area (Å²) in [5, 5.41) is 7.55. The van der Waals surface area contributed by atoms with Crippen LogP contribution in [0.2, 0.25) is 0 Å². The highest BCUT2D eigenvalue weighted by Crippen LogP contribution is 2.37. The van der Waals surface area contributed by atoms with Crippen LogP contribution in [0.5, 0.6) is 5.75 Å². The molecule has 8 heteroatoms. The first-order valence-electron chi connectivity index (χ1n) is 8.06. The van der Waals surface area contributed by atoms with Crippen LogP contribution in [0, 0.1) is 5.82 Å². The van der Waals surface area contributed by atoms with Gasteiger partial charge in [0, 0.05) is 0 Å². The number of rotatable bonds is 4. The van der Waals surface area contributed by atoms with Gasteiger partial charge in [-0.25, -0.2) is 9.07 Å². The van der Waals surface area contributed by atoms with Crippen molar-refractivity contribution in [2.45, 2.75) is 25.1 Å². The summed E-state index contributed by atoms with van der Waals surface area (Å²) < 4.78 is 44.0. The fourth-order valence-electron chi connectivity index (χ4n) is 3.18. The molecule has 2 aromatic carbocycles. The molecule has 1 aliphatic rings. The Kier molecular flexibility index (Phi) is 4.24. The molecule has 4 rings (SSSR count). The third-order valence-corrected chi connectivity index (χ3v) is 4.39. The van der Waals surface area contributed by atoms with Crippen LogP contribution in [0.4, 0.5) is 19.1 Å². The van der Waals surface area contributed by atoms with Gasteiger partial charge < -0.3 is 10.1 Å². The molecule has 5 nitrogen and oxygen atoms in total. The Morgan fingerprint density at radius 1 is 1.04 bits per heavy atom. The molecule has 0 fully saturated rings. The van der Waals surface area contributed by atoms with Crippen molar-refractivity contribution in [3.05, 3.63) is 71.8 Å². The van der Waals surface area contributed by atoms with Gasteiger partial charge in [-0.2, -0.15) is 18.9 Å². The molecule has 0 spiro atoms. The van der Waals surface area contributed by atoms with E-state index >= 15 is 0 Å². The highest BCUT2D eigenvalue weighted by atomic mass is 19.3. The van der Waals surface area contributed by atoms with Gasteiger partial charge in [-0.3, -0.25) is 0 Å². The average Bonchev–Trinajstić information content (AvgIpc) is 3.10. The summed E-state index contributed by atoms with van der Waals surface area (Å²) in [6.07, 6.45) is 2.11. The maximum atomic E-state index is 13.2. The van der Waals surface area contributed by atoms with Crippen LogP contribution in [0.1, 0.15) is 29.6 Å². The van der Waals surface area contributed by atoms with Crippen molar-refractivity contribution in [1.82, 2.24) is 14.8 Å². The van der Waals surface area contributed by atoms with Gasteiger partial charge in [-0.15, -0.1) is 0 Å². The lowest BCUT2D eigenvalue weighted by atomic mass is 9.93. The van der Waals surface area contributed by atoms with E-state index in [-0.39, 0.29) is 23.7 Å². The fraction of sp³-hybridized carbons (Fsp3) is 0.222. The molecular weight excluding hydrogens is 345 g/mol. The second-order valence-corrected chi connectivity index (χ2v) is 5.98. The molecule has 134 valence electrons. The summed E-state index contributed by atoms with van der Waals surface area (Å²) in [4.78, 5) is 4.23. The van der Waals surface area contributed by atoms with Crippen molar-refractivity contribution in [2.24, 2.45) is 0 Å². The number of nitrogens with one attached hydrogen (secondary N) is 1. The lowest BCUT2D eigenvalue weighted by Gasteiger charge is -2.31. The van der Waals surface area contributed by atoms with E-state index in [4.69, 9.17) is 0 Å². The molecule has 0 amide bonds. The van der Waals surface area contributed by atoms with E-state index in [9.17, 15) is 13.2 Å². The Bertz CT molecular complexity index is 880. The molecule has 2 heterocycles. The summed E-state index contributed by atoms with van der Waals surface area (Å²) in [5.74, 6) is 0.411. The van der Waals surface area contributed by atoms with Crippen LogP contribution in [-0.2, 0) is 0 Å². The van der Waals surface area contributed by atoms with Crippen molar-refractivity contribution in [3.8, 4) is 5.75 Å². The van der Waals surface area contributed by atoms with Gasteiger partial charge >= 0.3 is 6.61 Å². The number of alkyl halides is 2. The second-order valence-electron chi connectivity index (χ2n) is 5.98. The standard InChI is InChI=1S/C18H15F3N4O/c19-13-5-1-12(2-6-13)16-9-15(24-18-22-10-23-25(16)18)11-3-7-14(8-4-11)26-17(20)21/h1-8,10,15-17H,9H2,(H,22,23,24)/t15-,16+/m0/s1. The number of halogens is 3. The van der Waals surface area contributed by atoms with Crippen LogP contribution in [0.15, 0.2) is 54.9 Å². The third-order valence-electron chi connectivity index (χ3n) is 4.39. The maximum absolute atomic E-state index is 13.2. The number of benzene rings is 2. The van der Waals surface area contributed by atoms with E-state index in [0.29, 0.717) is 12.4 Å². The lowest BCUT2D eigenvalue weighted by Crippen LogP contribution is -2.28.